The first kappa shape index (κ1) is 11.2. The predicted octanol–water partition coefficient (Wildman–Crippen LogP) is 4.07. The lowest BCUT2D eigenvalue weighted by Crippen LogP contribution is -2.03. The fourth-order valence-electron chi connectivity index (χ4n) is 3.31. The van der Waals surface area contributed by atoms with Crippen LogP contribution in [0.25, 0.3) is 11.1 Å². The van der Waals surface area contributed by atoms with Crippen LogP contribution in [0.15, 0.2) is 54.6 Å². The largest absolute Gasteiger partial charge is 0.370 e. The summed E-state index contributed by atoms with van der Waals surface area (Å²) in [6.07, 6.45) is 4.96. The minimum Gasteiger partial charge on any atom is -0.370 e. The summed E-state index contributed by atoms with van der Waals surface area (Å²) in [6.45, 7) is 0. The molecule has 1 aliphatic carbocycles. The van der Waals surface area contributed by atoms with Crippen molar-refractivity contribution in [3.05, 3.63) is 60.2 Å². The quantitative estimate of drug-likeness (QED) is 0.748. The number of hydrogen-bond donors (Lipinski definition) is 0. The van der Waals surface area contributed by atoms with Gasteiger partial charge in [0.05, 0.1) is 12.2 Å². The van der Waals surface area contributed by atoms with Crippen molar-refractivity contribution in [3.63, 3.8) is 0 Å². The number of epoxide rings is 1. The van der Waals surface area contributed by atoms with Gasteiger partial charge in [-0.1, -0.05) is 54.6 Å². The number of rotatable bonds is 3. The first-order valence-electron chi connectivity index (χ1n) is 7.18. The lowest BCUT2D eigenvalue weighted by Gasteiger charge is -2.11. The molecule has 1 saturated carbocycles. The van der Waals surface area contributed by atoms with Crippen LogP contribution in [0, 0.1) is 5.92 Å². The van der Waals surface area contributed by atoms with Crippen molar-refractivity contribution in [2.75, 3.05) is 0 Å². The molecule has 2 aliphatic rings. The lowest BCUT2D eigenvalue weighted by atomic mass is 9.95. The summed E-state index contributed by atoms with van der Waals surface area (Å²) < 4.78 is 5.50. The Bertz CT molecular complexity index is 548. The zero-order valence-corrected chi connectivity index (χ0v) is 11.0. The molecule has 0 aromatic heterocycles. The van der Waals surface area contributed by atoms with E-state index in [1.165, 1.54) is 36.0 Å². The monoisotopic (exact) mass is 250 g/mol. The summed E-state index contributed by atoms with van der Waals surface area (Å²) in [5.41, 5.74) is 4.07. The highest BCUT2D eigenvalue weighted by Gasteiger charge is 2.47. The van der Waals surface area contributed by atoms with E-state index in [4.69, 9.17) is 4.74 Å². The van der Waals surface area contributed by atoms with E-state index in [1.54, 1.807) is 0 Å². The minimum atomic E-state index is 0.605. The molecule has 1 heterocycles. The summed E-state index contributed by atoms with van der Waals surface area (Å²) in [4.78, 5) is 0. The molecular weight excluding hydrogens is 232 g/mol. The third kappa shape index (κ3) is 2.31. The van der Waals surface area contributed by atoms with Gasteiger partial charge < -0.3 is 4.74 Å². The second-order valence-corrected chi connectivity index (χ2v) is 5.82. The van der Waals surface area contributed by atoms with Gasteiger partial charge in [-0.15, -0.1) is 0 Å². The first-order chi connectivity index (χ1) is 9.38. The topological polar surface area (TPSA) is 12.5 Å². The van der Waals surface area contributed by atoms with E-state index < -0.39 is 0 Å². The molecule has 0 spiro atoms. The Kier molecular flexibility index (Phi) is 2.66. The van der Waals surface area contributed by atoms with Crippen LogP contribution in [0.1, 0.15) is 18.4 Å². The van der Waals surface area contributed by atoms with Gasteiger partial charge in [0.2, 0.25) is 0 Å². The molecule has 4 rings (SSSR count). The van der Waals surface area contributed by atoms with Crippen molar-refractivity contribution >= 4 is 0 Å². The number of fused-ring (bicyclic) bond motifs is 1. The Labute approximate surface area is 114 Å². The van der Waals surface area contributed by atoms with Gasteiger partial charge in [-0.25, -0.2) is 0 Å². The summed E-state index contributed by atoms with van der Waals surface area (Å²) in [5, 5.41) is 0. The van der Waals surface area contributed by atoms with E-state index in [1.807, 2.05) is 0 Å². The Morgan fingerprint density at radius 2 is 1.42 bits per heavy atom. The van der Waals surface area contributed by atoms with E-state index in [9.17, 15) is 0 Å². The molecule has 2 fully saturated rings. The summed E-state index contributed by atoms with van der Waals surface area (Å²) >= 11 is 0. The molecule has 0 bridgehead atoms. The van der Waals surface area contributed by atoms with Gasteiger partial charge in [-0.3, -0.25) is 0 Å². The maximum atomic E-state index is 5.50. The fraction of sp³-hybridized carbons (Fsp3) is 0.333. The molecule has 1 saturated heterocycles. The highest BCUT2D eigenvalue weighted by atomic mass is 16.6. The Hall–Kier alpha value is -1.60. The average molecular weight is 250 g/mol. The van der Waals surface area contributed by atoms with Crippen LogP contribution >= 0.6 is 0 Å². The maximum Gasteiger partial charge on any atom is 0.0844 e. The van der Waals surface area contributed by atoms with Gasteiger partial charge >= 0.3 is 0 Å². The van der Waals surface area contributed by atoms with Crippen LogP contribution in [0.4, 0.5) is 0 Å². The molecule has 2 aromatic rings. The number of ether oxygens (including phenoxy) is 1. The predicted molar refractivity (Wildman–Crippen MR) is 77.0 cm³/mol. The summed E-state index contributed by atoms with van der Waals surface area (Å²) in [5.74, 6) is 0.839. The van der Waals surface area contributed by atoms with Gasteiger partial charge in [0.25, 0.3) is 0 Å². The maximum absolute atomic E-state index is 5.50. The van der Waals surface area contributed by atoms with E-state index in [-0.39, 0.29) is 0 Å². The molecule has 1 aliphatic heterocycles. The van der Waals surface area contributed by atoms with Crippen molar-refractivity contribution < 1.29 is 4.74 Å². The summed E-state index contributed by atoms with van der Waals surface area (Å²) in [7, 11) is 0. The van der Waals surface area contributed by atoms with E-state index >= 15 is 0 Å². The van der Waals surface area contributed by atoms with Crippen molar-refractivity contribution in [3.8, 4) is 11.1 Å². The molecule has 0 N–H and O–H groups in total. The second-order valence-electron chi connectivity index (χ2n) is 5.82. The molecule has 0 unspecified atom stereocenters. The minimum absolute atomic E-state index is 0.605. The second kappa shape index (κ2) is 4.50. The van der Waals surface area contributed by atoms with Crippen molar-refractivity contribution in [1.82, 2.24) is 0 Å². The number of benzene rings is 2. The SMILES string of the molecule is c1ccc(-c2ccc(C[C@@H]3C[C@@H]4O[C@@H]4C3)cc2)cc1. The van der Waals surface area contributed by atoms with Crippen molar-refractivity contribution in [2.45, 2.75) is 31.5 Å². The lowest BCUT2D eigenvalue weighted by molar-refractivity contribution is 0.272. The zero-order chi connectivity index (χ0) is 12.7. The highest BCUT2D eigenvalue weighted by molar-refractivity contribution is 5.63. The van der Waals surface area contributed by atoms with Gasteiger partial charge in [-0.05, 0) is 41.9 Å². The van der Waals surface area contributed by atoms with Crippen LogP contribution in [-0.2, 0) is 11.2 Å². The Balaban J connectivity index is 1.47. The van der Waals surface area contributed by atoms with Gasteiger partial charge in [0, 0.05) is 0 Å². The van der Waals surface area contributed by atoms with Gasteiger partial charge in [0.1, 0.15) is 0 Å². The molecule has 96 valence electrons. The van der Waals surface area contributed by atoms with Crippen molar-refractivity contribution in [1.29, 1.82) is 0 Å². The van der Waals surface area contributed by atoms with E-state index in [2.05, 4.69) is 54.6 Å². The fourth-order valence-corrected chi connectivity index (χ4v) is 3.31. The Morgan fingerprint density at radius 1 is 0.789 bits per heavy atom. The third-order valence-electron chi connectivity index (χ3n) is 4.40. The third-order valence-corrected chi connectivity index (χ3v) is 4.40. The molecular formula is C18H18O. The molecule has 3 atom stereocenters. The van der Waals surface area contributed by atoms with Crippen LogP contribution in [0.2, 0.25) is 0 Å². The first-order valence-corrected chi connectivity index (χ1v) is 7.18. The molecule has 0 amide bonds. The summed E-state index contributed by atoms with van der Waals surface area (Å²) in [6, 6.07) is 19.6. The average Bonchev–Trinajstić information content (AvgIpc) is 3.08. The Morgan fingerprint density at radius 3 is 2.11 bits per heavy atom. The van der Waals surface area contributed by atoms with Gasteiger partial charge in [-0.2, -0.15) is 0 Å². The number of hydrogen-bond acceptors (Lipinski definition) is 1. The van der Waals surface area contributed by atoms with E-state index in [0.717, 1.165) is 5.92 Å². The zero-order valence-electron chi connectivity index (χ0n) is 11.0. The smallest absolute Gasteiger partial charge is 0.0844 e. The van der Waals surface area contributed by atoms with E-state index in [0.29, 0.717) is 12.2 Å². The van der Waals surface area contributed by atoms with Crippen molar-refractivity contribution in [2.24, 2.45) is 5.92 Å². The molecule has 2 aromatic carbocycles. The highest BCUT2D eigenvalue weighted by Crippen LogP contribution is 2.43. The van der Waals surface area contributed by atoms with Crippen LogP contribution in [0.3, 0.4) is 0 Å². The standard InChI is InChI=1S/C18H18O/c1-2-4-15(5-3-1)16-8-6-13(7-9-16)10-14-11-17-18(12-14)19-17/h1-9,14,17-18H,10-12H2/t14-,17+,18-. The molecule has 1 heteroatoms. The normalized spacial score (nSPS) is 28.1. The molecule has 1 nitrogen and oxygen atoms in total. The van der Waals surface area contributed by atoms with Crippen LogP contribution in [0.5, 0.6) is 0 Å². The van der Waals surface area contributed by atoms with Crippen LogP contribution in [-0.4, -0.2) is 12.2 Å². The molecule has 19 heavy (non-hydrogen) atoms. The van der Waals surface area contributed by atoms with Gasteiger partial charge in [0.15, 0.2) is 0 Å². The molecule has 0 radical (unpaired) electrons. The van der Waals surface area contributed by atoms with Crippen LogP contribution < -0.4 is 0 Å².